The van der Waals surface area contributed by atoms with E-state index in [0.29, 0.717) is 0 Å². The number of hydrogen-bond acceptors (Lipinski definition) is 2. The summed E-state index contributed by atoms with van der Waals surface area (Å²) in [6.07, 6.45) is 2.11. The number of nitrogens with zero attached hydrogens (tertiary/aromatic N) is 1. The van der Waals surface area contributed by atoms with Crippen LogP contribution in [0.15, 0.2) is 24.3 Å². The van der Waals surface area contributed by atoms with Gasteiger partial charge in [-0.15, -0.1) is 0 Å². The molecule has 2 rings (SSSR count). The molecule has 1 heterocycles. The van der Waals surface area contributed by atoms with Crippen LogP contribution >= 0.6 is 11.6 Å². The molecule has 0 radical (unpaired) electrons. The molecule has 1 atom stereocenters. The van der Waals surface area contributed by atoms with Crippen LogP contribution in [-0.4, -0.2) is 30.1 Å². The molecule has 1 saturated heterocycles. The number of carbonyl (C=O) groups excluding carboxylic acids is 1. The lowest BCUT2D eigenvalue weighted by Crippen LogP contribution is -2.34. The predicted molar refractivity (Wildman–Crippen MR) is 76.2 cm³/mol. The van der Waals surface area contributed by atoms with Crippen LogP contribution in [0.1, 0.15) is 38.3 Å². The first-order valence-corrected chi connectivity index (χ1v) is 7.12. The Hall–Kier alpha value is -1.06. The van der Waals surface area contributed by atoms with Crippen LogP contribution in [0, 0.1) is 0 Å². The lowest BCUT2D eigenvalue weighted by Gasteiger charge is -2.25. The summed E-state index contributed by atoms with van der Waals surface area (Å²) < 4.78 is 5.41. The van der Waals surface area contributed by atoms with E-state index in [1.807, 2.05) is 43.0 Å². The minimum Gasteiger partial charge on any atom is -0.369 e. The van der Waals surface area contributed by atoms with Gasteiger partial charge in [0.2, 0.25) is 5.91 Å². The first-order chi connectivity index (χ1) is 9.08. The van der Waals surface area contributed by atoms with Gasteiger partial charge in [0.05, 0.1) is 12.1 Å². The zero-order chi connectivity index (χ0) is 13.8. The molecule has 1 amide bonds. The van der Waals surface area contributed by atoms with Gasteiger partial charge in [0.25, 0.3) is 0 Å². The van der Waals surface area contributed by atoms with Gasteiger partial charge >= 0.3 is 0 Å². The molecule has 1 unspecified atom stereocenters. The minimum atomic E-state index is 0.0659. The zero-order valence-electron chi connectivity index (χ0n) is 11.4. The first-order valence-electron chi connectivity index (χ1n) is 6.74. The highest BCUT2D eigenvalue weighted by Gasteiger charge is 2.29. The van der Waals surface area contributed by atoms with Crippen LogP contribution in [-0.2, 0) is 9.53 Å². The smallest absolute Gasteiger partial charge is 0.249 e. The van der Waals surface area contributed by atoms with Gasteiger partial charge in [-0.3, -0.25) is 4.79 Å². The minimum absolute atomic E-state index is 0.0659. The van der Waals surface area contributed by atoms with Crippen molar-refractivity contribution in [1.29, 1.82) is 0 Å². The highest BCUT2D eigenvalue weighted by atomic mass is 35.5. The predicted octanol–water partition coefficient (Wildman–Crippen LogP) is 3.43. The second-order valence-electron chi connectivity index (χ2n) is 5.16. The van der Waals surface area contributed by atoms with E-state index in [4.69, 9.17) is 16.3 Å². The van der Waals surface area contributed by atoms with Crippen LogP contribution in [0.4, 0.5) is 0 Å². The third kappa shape index (κ3) is 3.71. The Bertz CT molecular complexity index is 448. The Morgan fingerprint density at radius 1 is 1.53 bits per heavy atom. The summed E-state index contributed by atoms with van der Waals surface area (Å²) in [5.41, 5.74) is 1.11. The highest BCUT2D eigenvalue weighted by molar-refractivity contribution is 6.30. The number of hydrogen-bond donors (Lipinski definition) is 0. The first kappa shape index (κ1) is 14.4. The van der Waals surface area contributed by atoms with Crippen LogP contribution in [0.5, 0.6) is 0 Å². The number of carbonyl (C=O) groups is 1. The average Bonchev–Trinajstić information content (AvgIpc) is 2.85. The topological polar surface area (TPSA) is 29.5 Å². The van der Waals surface area contributed by atoms with Gasteiger partial charge in [-0.1, -0.05) is 23.7 Å². The van der Waals surface area contributed by atoms with Crippen molar-refractivity contribution in [1.82, 2.24) is 4.90 Å². The molecular formula is C15H20ClNO2. The maximum Gasteiger partial charge on any atom is 0.249 e. The van der Waals surface area contributed by atoms with Crippen molar-refractivity contribution in [2.24, 2.45) is 0 Å². The average molecular weight is 282 g/mol. The number of benzene rings is 1. The van der Waals surface area contributed by atoms with Gasteiger partial charge < -0.3 is 9.64 Å². The third-order valence-electron chi connectivity index (χ3n) is 3.35. The van der Waals surface area contributed by atoms with E-state index in [1.54, 1.807) is 0 Å². The molecule has 4 heteroatoms. The van der Waals surface area contributed by atoms with Crippen molar-refractivity contribution < 1.29 is 9.53 Å². The Balaban J connectivity index is 2.06. The Morgan fingerprint density at radius 3 is 3.00 bits per heavy atom. The van der Waals surface area contributed by atoms with E-state index in [1.165, 1.54) is 0 Å². The molecule has 0 aromatic heterocycles. The maximum absolute atomic E-state index is 12.2. The van der Waals surface area contributed by atoms with E-state index in [9.17, 15) is 4.79 Å². The molecule has 0 aliphatic carbocycles. The van der Waals surface area contributed by atoms with E-state index in [2.05, 4.69) is 0 Å². The molecule has 0 bridgehead atoms. The number of halogens is 1. The molecule has 3 nitrogen and oxygen atoms in total. The number of amides is 1. The summed E-state index contributed by atoms with van der Waals surface area (Å²) in [5.74, 6) is 0.0659. The van der Waals surface area contributed by atoms with Crippen LogP contribution in [0.2, 0.25) is 5.02 Å². The van der Waals surface area contributed by atoms with Gasteiger partial charge in [0, 0.05) is 11.6 Å². The van der Waals surface area contributed by atoms with Crippen molar-refractivity contribution in [3.8, 4) is 0 Å². The molecular weight excluding hydrogens is 262 g/mol. The van der Waals surface area contributed by atoms with Gasteiger partial charge in [-0.05, 0) is 44.4 Å². The SMILES string of the molecule is CC(C)OCC(=O)N1CCCC1c1cccc(Cl)c1. The summed E-state index contributed by atoms with van der Waals surface area (Å²) in [5, 5.41) is 0.718. The lowest BCUT2D eigenvalue weighted by molar-refractivity contribution is -0.138. The molecule has 0 N–H and O–H groups in total. The fraction of sp³-hybridized carbons (Fsp3) is 0.533. The van der Waals surface area contributed by atoms with Gasteiger partial charge in [0.15, 0.2) is 0 Å². The van der Waals surface area contributed by atoms with Crippen LogP contribution in [0.25, 0.3) is 0 Å². The second kappa shape index (κ2) is 6.40. The van der Waals surface area contributed by atoms with E-state index < -0.39 is 0 Å². The zero-order valence-corrected chi connectivity index (χ0v) is 12.2. The monoisotopic (exact) mass is 281 g/mol. The van der Waals surface area contributed by atoms with Crippen molar-refractivity contribution in [2.75, 3.05) is 13.2 Å². The maximum atomic E-state index is 12.2. The highest BCUT2D eigenvalue weighted by Crippen LogP contribution is 2.32. The Morgan fingerprint density at radius 2 is 2.32 bits per heavy atom. The molecule has 1 aliphatic heterocycles. The van der Waals surface area contributed by atoms with Gasteiger partial charge in [0.1, 0.15) is 6.61 Å². The number of likely N-dealkylation sites (tertiary alicyclic amines) is 1. The molecule has 19 heavy (non-hydrogen) atoms. The summed E-state index contributed by atoms with van der Waals surface area (Å²) in [7, 11) is 0. The molecule has 1 aromatic rings. The molecule has 1 fully saturated rings. The molecule has 0 saturated carbocycles. The van der Waals surface area contributed by atoms with E-state index in [-0.39, 0.29) is 24.7 Å². The van der Waals surface area contributed by atoms with Crippen molar-refractivity contribution in [3.05, 3.63) is 34.9 Å². The quantitative estimate of drug-likeness (QED) is 0.846. The molecule has 1 aliphatic rings. The number of rotatable bonds is 4. The molecule has 104 valence electrons. The standard InChI is InChI=1S/C15H20ClNO2/c1-11(2)19-10-15(18)17-8-4-7-14(17)12-5-3-6-13(16)9-12/h3,5-6,9,11,14H,4,7-8,10H2,1-2H3. The van der Waals surface area contributed by atoms with Crippen LogP contribution < -0.4 is 0 Å². The van der Waals surface area contributed by atoms with E-state index >= 15 is 0 Å². The van der Waals surface area contributed by atoms with Crippen molar-refractivity contribution >= 4 is 17.5 Å². The van der Waals surface area contributed by atoms with Gasteiger partial charge in [-0.25, -0.2) is 0 Å². The molecule has 1 aromatic carbocycles. The largest absolute Gasteiger partial charge is 0.369 e. The summed E-state index contributed by atoms with van der Waals surface area (Å²) >= 11 is 6.03. The fourth-order valence-corrected chi connectivity index (χ4v) is 2.65. The Labute approximate surface area is 119 Å². The Kier molecular flexibility index (Phi) is 4.83. The van der Waals surface area contributed by atoms with Crippen molar-refractivity contribution in [2.45, 2.75) is 38.8 Å². The van der Waals surface area contributed by atoms with Crippen molar-refractivity contribution in [3.63, 3.8) is 0 Å². The summed E-state index contributed by atoms with van der Waals surface area (Å²) in [6, 6.07) is 7.91. The summed E-state index contributed by atoms with van der Waals surface area (Å²) in [6.45, 7) is 4.84. The third-order valence-corrected chi connectivity index (χ3v) is 3.58. The normalized spacial score (nSPS) is 19.2. The van der Waals surface area contributed by atoms with E-state index in [0.717, 1.165) is 30.0 Å². The lowest BCUT2D eigenvalue weighted by atomic mass is 10.0. The summed E-state index contributed by atoms with van der Waals surface area (Å²) in [4.78, 5) is 14.1. The van der Waals surface area contributed by atoms with Crippen LogP contribution in [0.3, 0.4) is 0 Å². The fourth-order valence-electron chi connectivity index (χ4n) is 2.45. The number of ether oxygens (including phenoxy) is 1. The molecule has 0 spiro atoms. The van der Waals surface area contributed by atoms with Gasteiger partial charge in [-0.2, -0.15) is 0 Å². The second-order valence-corrected chi connectivity index (χ2v) is 5.60.